The molecule has 30 heavy (non-hydrogen) atoms. The van der Waals surface area contributed by atoms with E-state index in [2.05, 4.69) is 9.44 Å². The van der Waals surface area contributed by atoms with Gasteiger partial charge in [-0.15, -0.1) is 0 Å². The van der Waals surface area contributed by atoms with Crippen molar-refractivity contribution in [3.8, 4) is 0 Å². The molecule has 1 saturated heterocycles. The van der Waals surface area contributed by atoms with Crippen LogP contribution in [0.25, 0.3) is 0 Å². The van der Waals surface area contributed by atoms with Gasteiger partial charge in [-0.3, -0.25) is 19.2 Å². The number of nitrogens with one attached hydrogen (secondary N) is 2. The van der Waals surface area contributed by atoms with Crippen molar-refractivity contribution in [1.82, 2.24) is 4.72 Å². The van der Waals surface area contributed by atoms with Crippen molar-refractivity contribution in [2.45, 2.75) is 42.5 Å². The van der Waals surface area contributed by atoms with Crippen LogP contribution in [0.5, 0.6) is 0 Å². The molecule has 2 N–H and O–H groups in total. The average Bonchev–Trinajstić information content (AvgIpc) is 2.99. The third-order valence-corrected chi connectivity index (χ3v) is 7.34. The minimum absolute atomic E-state index is 0.0171. The second-order valence-electron chi connectivity index (χ2n) is 7.02. The SMILES string of the molecule is CC(C)NS(=O)(=O)c1ccc(NS(=O)(=O)c2ccc(N3C(=O)CCC3=O)cc2)cc1. The van der Waals surface area contributed by atoms with Crippen LogP contribution in [0.2, 0.25) is 0 Å². The molecule has 0 radical (unpaired) electrons. The second kappa shape index (κ2) is 8.17. The molecule has 1 aliphatic heterocycles. The maximum Gasteiger partial charge on any atom is 0.261 e. The van der Waals surface area contributed by atoms with E-state index in [-0.39, 0.29) is 46.2 Å². The quantitative estimate of drug-likeness (QED) is 0.618. The lowest BCUT2D eigenvalue weighted by Gasteiger charge is -2.15. The molecule has 1 heterocycles. The Morgan fingerprint density at radius 2 is 1.23 bits per heavy atom. The largest absolute Gasteiger partial charge is 0.280 e. The first-order chi connectivity index (χ1) is 14.0. The van der Waals surface area contributed by atoms with Crippen LogP contribution in [-0.2, 0) is 29.6 Å². The zero-order chi connectivity index (χ0) is 22.1. The number of rotatable bonds is 7. The Morgan fingerprint density at radius 3 is 1.73 bits per heavy atom. The maximum absolute atomic E-state index is 12.6. The summed E-state index contributed by atoms with van der Waals surface area (Å²) < 4.78 is 54.3. The third kappa shape index (κ3) is 4.69. The summed E-state index contributed by atoms with van der Waals surface area (Å²) in [5.41, 5.74) is 0.501. The zero-order valence-electron chi connectivity index (χ0n) is 16.3. The molecule has 9 nitrogen and oxygen atoms in total. The van der Waals surface area contributed by atoms with Crippen LogP contribution < -0.4 is 14.3 Å². The van der Waals surface area contributed by atoms with Crippen LogP contribution in [0.4, 0.5) is 11.4 Å². The van der Waals surface area contributed by atoms with Gasteiger partial charge >= 0.3 is 0 Å². The summed E-state index contributed by atoms with van der Waals surface area (Å²) in [6.07, 6.45) is 0.275. The van der Waals surface area contributed by atoms with Crippen LogP contribution in [0.15, 0.2) is 58.3 Å². The molecule has 0 saturated carbocycles. The van der Waals surface area contributed by atoms with Crippen molar-refractivity contribution >= 4 is 43.2 Å². The maximum atomic E-state index is 12.6. The van der Waals surface area contributed by atoms with Gasteiger partial charge in [-0.05, 0) is 62.4 Å². The molecular formula is C19H21N3O6S2. The molecule has 0 spiro atoms. The lowest BCUT2D eigenvalue weighted by molar-refractivity contribution is -0.121. The van der Waals surface area contributed by atoms with Crippen molar-refractivity contribution in [2.75, 3.05) is 9.62 Å². The highest BCUT2D eigenvalue weighted by Gasteiger charge is 2.30. The minimum atomic E-state index is -3.95. The molecule has 3 rings (SSSR count). The van der Waals surface area contributed by atoms with Gasteiger partial charge in [-0.1, -0.05) is 0 Å². The molecule has 0 atom stereocenters. The van der Waals surface area contributed by atoms with Gasteiger partial charge in [0.25, 0.3) is 10.0 Å². The normalized spacial score (nSPS) is 15.1. The van der Waals surface area contributed by atoms with E-state index in [0.717, 1.165) is 4.90 Å². The second-order valence-corrected chi connectivity index (χ2v) is 10.4. The van der Waals surface area contributed by atoms with Crippen molar-refractivity contribution in [1.29, 1.82) is 0 Å². The highest BCUT2D eigenvalue weighted by molar-refractivity contribution is 7.92. The zero-order valence-corrected chi connectivity index (χ0v) is 18.0. The highest BCUT2D eigenvalue weighted by atomic mass is 32.2. The Balaban J connectivity index is 1.76. The number of anilines is 2. The van der Waals surface area contributed by atoms with E-state index in [1.807, 2.05) is 0 Å². The first kappa shape index (κ1) is 21.9. The molecule has 0 bridgehead atoms. The van der Waals surface area contributed by atoms with Crippen molar-refractivity contribution in [3.63, 3.8) is 0 Å². The van der Waals surface area contributed by atoms with Gasteiger partial charge in [0.15, 0.2) is 0 Å². The molecule has 11 heteroatoms. The summed E-state index contributed by atoms with van der Waals surface area (Å²) in [5.74, 6) is -0.647. The van der Waals surface area contributed by atoms with E-state index in [9.17, 15) is 26.4 Å². The first-order valence-corrected chi connectivity index (χ1v) is 12.1. The number of sulfonamides is 2. The van der Waals surface area contributed by atoms with Gasteiger partial charge in [-0.2, -0.15) is 0 Å². The number of carbonyl (C=O) groups excluding carboxylic acids is 2. The molecule has 0 unspecified atom stereocenters. The summed E-state index contributed by atoms with van der Waals surface area (Å²) in [5, 5.41) is 0. The molecule has 2 aromatic carbocycles. The summed E-state index contributed by atoms with van der Waals surface area (Å²) in [6, 6.07) is 10.4. The van der Waals surface area contributed by atoms with Gasteiger partial charge in [0.2, 0.25) is 21.8 Å². The third-order valence-electron chi connectivity index (χ3n) is 4.26. The Morgan fingerprint density at radius 1 is 0.767 bits per heavy atom. The number of benzene rings is 2. The smallest absolute Gasteiger partial charge is 0.261 e. The number of hydrogen-bond acceptors (Lipinski definition) is 6. The topological polar surface area (TPSA) is 130 Å². The molecule has 0 aliphatic carbocycles. The Bertz CT molecular complexity index is 1160. The van der Waals surface area contributed by atoms with Crippen molar-refractivity contribution < 1.29 is 26.4 Å². The number of carbonyl (C=O) groups is 2. The first-order valence-electron chi connectivity index (χ1n) is 9.11. The summed E-state index contributed by atoms with van der Waals surface area (Å²) in [6.45, 7) is 3.39. The Labute approximate surface area is 175 Å². The molecule has 1 aliphatic rings. The van der Waals surface area contributed by atoms with E-state index in [0.29, 0.717) is 5.69 Å². The van der Waals surface area contributed by atoms with Gasteiger partial charge < -0.3 is 0 Å². The van der Waals surface area contributed by atoms with Crippen LogP contribution in [0.3, 0.4) is 0 Å². The van der Waals surface area contributed by atoms with E-state index < -0.39 is 20.0 Å². The summed E-state index contributed by atoms with van der Waals surface area (Å²) in [7, 11) is -7.63. The van der Waals surface area contributed by atoms with E-state index in [1.54, 1.807) is 13.8 Å². The lowest BCUT2D eigenvalue weighted by atomic mass is 10.3. The highest BCUT2D eigenvalue weighted by Crippen LogP contribution is 2.25. The number of amides is 2. The van der Waals surface area contributed by atoms with Gasteiger partial charge in [0.1, 0.15) is 0 Å². The van der Waals surface area contributed by atoms with Crippen LogP contribution in [0.1, 0.15) is 26.7 Å². The molecule has 160 valence electrons. The molecular weight excluding hydrogens is 430 g/mol. The van der Waals surface area contributed by atoms with E-state index >= 15 is 0 Å². The molecule has 1 fully saturated rings. The van der Waals surface area contributed by atoms with Crippen LogP contribution in [0, 0.1) is 0 Å². The van der Waals surface area contributed by atoms with Crippen molar-refractivity contribution in [3.05, 3.63) is 48.5 Å². The predicted molar refractivity (Wildman–Crippen MR) is 111 cm³/mol. The monoisotopic (exact) mass is 451 g/mol. The Hall–Kier alpha value is -2.76. The number of imide groups is 1. The van der Waals surface area contributed by atoms with E-state index in [1.165, 1.54) is 48.5 Å². The predicted octanol–water partition coefficient (Wildman–Crippen LogP) is 1.83. The molecule has 2 aromatic rings. The number of nitrogens with zero attached hydrogens (tertiary/aromatic N) is 1. The standard InChI is InChI=1S/C19H21N3O6S2/c1-13(2)20-29(25,26)16-7-3-14(4-8-16)21-30(27,28)17-9-5-15(6-10-17)22-18(23)11-12-19(22)24/h3-10,13,20-21H,11-12H2,1-2H3. The summed E-state index contributed by atoms with van der Waals surface area (Å²) in [4.78, 5) is 24.6. The van der Waals surface area contributed by atoms with Gasteiger partial charge in [0, 0.05) is 24.6 Å². The fourth-order valence-corrected chi connectivity index (χ4v) is 5.24. The van der Waals surface area contributed by atoms with E-state index in [4.69, 9.17) is 0 Å². The van der Waals surface area contributed by atoms with Crippen LogP contribution in [-0.4, -0.2) is 34.7 Å². The van der Waals surface area contributed by atoms with Gasteiger partial charge in [-0.25, -0.2) is 21.6 Å². The van der Waals surface area contributed by atoms with Gasteiger partial charge in [0.05, 0.1) is 15.5 Å². The summed E-state index contributed by atoms with van der Waals surface area (Å²) >= 11 is 0. The number of hydrogen-bond donors (Lipinski definition) is 2. The lowest BCUT2D eigenvalue weighted by Crippen LogP contribution is -2.30. The van der Waals surface area contributed by atoms with Crippen LogP contribution >= 0.6 is 0 Å². The Kier molecular flexibility index (Phi) is 5.97. The minimum Gasteiger partial charge on any atom is -0.280 e. The molecule has 0 aromatic heterocycles. The molecule has 2 amide bonds. The van der Waals surface area contributed by atoms with Crippen molar-refractivity contribution in [2.24, 2.45) is 0 Å². The fourth-order valence-electron chi connectivity index (χ4n) is 2.93. The fraction of sp³-hybridized carbons (Fsp3) is 0.263. The average molecular weight is 452 g/mol.